The number of rotatable bonds is 7. The molecule has 2 N–H and O–H groups in total. The highest BCUT2D eigenvalue weighted by atomic mass is 35.5. The molecule has 0 aliphatic carbocycles. The van der Waals surface area contributed by atoms with Crippen LogP contribution in [-0.4, -0.2) is 54.6 Å². The Balaban J connectivity index is 0. The molecule has 0 unspecified atom stereocenters. The SMILES string of the molecule is O=C(Cl)Cl.OCCOCCOCCO. The van der Waals surface area contributed by atoms with E-state index in [0.29, 0.717) is 26.4 Å². The van der Waals surface area contributed by atoms with Gasteiger partial charge in [-0.3, -0.25) is 4.79 Å². The first-order chi connectivity index (χ1) is 6.65. The number of aliphatic hydroxyl groups is 2. The van der Waals surface area contributed by atoms with Gasteiger partial charge in [0, 0.05) is 0 Å². The van der Waals surface area contributed by atoms with Crippen molar-refractivity contribution in [1.29, 1.82) is 0 Å². The largest absolute Gasteiger partial charge is 0.394 e. The summed E-state index contributed by atoms with van der Waals surface area (Å²) in [6.07, 6.45) is 0. The fourth-order valence-corrected chi connectivity index (χ4v) is 0.451. The Morgan fingerprint density at radius 3 is 1.43 bits per heavy atom. The lowest BCUT2D eigenvalue weighted by Gasteiger charge is -2.01. The van der Waals surface area contributed by atoms with Gasteiger partial charge in [0.1, 0.15) is 0 Å². The van der Waals surface area contributed by atoms with E-state index in [4.69, 9.17) is 24.5 Å². The van der Waals surface area contributed by atoms with Crippen molar-refractivity contribution >= 4 is 27.9 Å². The molecule has 0 aliphatic rings. The van der Waals surface area contributed by atoms with Gasteiger partial charge in [0.25, 0.3) is 0 Å². The minimum Gasteiger partial charge on any atom is -0.394 e. The quantitative estimate of drug-likeness (QED) is 0.510. The van der Waals surface area contributed by atoms with Crippen molar-refractivity contribution < 1.29 is 24.5 Å². The van der Waals surface area contributed by atoms with Gasteiger partial charge in [-0.05, 0) is 23.2 Å². The van der Waals surface area contributed by atoms with Crippen LogP contribution >= 0.6 is 23.2 Å². The molecule has 14 heavy (non-hydrogen) atoms. The van der Waals surface area contributed by atoms with Crippen molar-refractivity contribution in [3.63, 3.8) is 0 Å². The molecule has 0 aromatic rings. The molecule has 0 saturated heterocycles. The lowest BCUT2D eigenvalue weighted by atomic mass is 10.7. The first-order valence-electron chi connectivity index (χ1n) is 3.87. The minimum atomic E-state index is -0.889. The lowest BCUT2D eigenvalue weighted by molar-refractivity contribution is 0.0222. The van der Waals surface area contributed by atoms with Crippen LogP contribution in [0.1, 0.15) is 0 Å². The number of carbonyl (C=O) groups is 1. The fraction of sp³-hybridized carbons (Fsp3) is 0.857. The van der Waals surface area contributed by atoms with Crippen LogP contribution < -0.4 is 0 Å². The zero-order chi connectivity index (χ0) is 11.2. The molecule has 0 atom stereocenters. The molecular weight excluding hydrogens is 235 g/mol. The van der Waals surface area contributed by atoms with E-state index in [2.05, 4.69) is 23.2 Å². The molecule has 0 spiro atoms. The number of ether oxygens (including phenoxy) is 2. The Morgan fingerprint density at radius 1 is 0.929 bits per heavy atom. The average Bonchev–Trinajstić information content (AvgIpc) is 2.10. The molecule has 0 aliphatic heterocycles. The number of carbonyl (C=O) groups excluding carboxylic acids is 1. The topological polar surface area (TPSA) is 76.0 Å². The maximum Gasteiger partial charge on any atom is 0.313 e. The van der Waals surface area contributed by atoms with Crippen molar-refractivity contribution in [1.82, 2.24) is 0 Å². The third-order valence-corrected chi connectivity index (χ3v) is 0.843. The molecule has 0 heterocycles. The van der Waals surface area contributed by atoms with Gasteiger partial charge in [0.2, 0.25) is 0 Å². The molecule has 0 amide bonds. The Kier molecular flexibility index (Phi) is 18.4. The second kappa shape index (κ2) is 15.6. The molecule has 0 aromatic carbocycles. The monoisotopic (exact) mass is 248 g/mol. The van der Waals surface area contributed by atoms with Gasteiger partial charge in [-0.25, -0.2) is 0 Å². The molecule has 0 bridgehead atoms. The summed E-state index contributed by atoms with van der Waals surface area (Å²) in [6.45, 7) is 1.73. The van der Waals surface area contributed by atoms with Gasteiger partial charge in [-0.2, -0.15) is 0 Å². The van der Waals surface area contributed by atoms with Crippen LogP contribution in [-0.2, 0) is 9.47 Å². The van der Waals surface area contributed by atoms with E-state index < -0.39 is 4.70 Å². The van der Waals surface area contributed by atoms with Crippen LogP contribution in [0.25, 0.3) is 0 Å². The summed E-state index contributed by atoms with van der Waals surface area (Å²) in [5, 5.41) is 16.5. The van der Waals surface area contributed by atoms with Gasteiger partial charge < -0.3 is 19.7 Å². The van der Waals surface area contributed by atoms with Crippen molar-refractivity contribution in [2.75, 3.05) is 39.6 Å². The Labute approximate surface area is 92.5 Å². The molecular formula is C7H14Cl2O5. The molecule has 5 nitrogen and oxygen atoms in total. The van der Waals surface area contributed by atoms with E-state index in [1.807, 2.05) is 0 Å². The van der Waals surface area contributed by atoms with Crippen molar-refractivity contribution in [2.24, 2.45) is 0 Å². The summed E-state index contributed by atoms with van der Waals surface area (Å²) in [5.74, 6) is 0. The normalized spacial score (nSPS) is 9.14. The second-order valence-electron chi connectivity index (χ2n) is 1.90. The third kappa shape index (κ3) is 29.6. The summed E-state index contributed by atoms with van der Waals surface area (Å²) in [5.41, 5.74) is 0. The highest BCUT2D eigenvalue weighted by molar-refractivity contribution is 6.93. The Bertz CT molecular complexity index is 111. The van der Waals surface area contributed by atoms with Crippen LogP contribution in [0.4, 0.5) is 4.79 Å². The minimum absolute atomic E-state index is 0.0417. The first kappa shape index (κ1) is 16.5. The second-order valence-corrected chi connectivity index (χ2v) is 2.78. The van der Waals surface area contributed by atoms with Crippen LogP contribution in [0.2, 0.25) is 0 Å². The molecule has 86 valence electrons. The lowest BCUT2D eigenvalue weighted by Crippen LogP contribution is -2.09. The van der Waals surface area contributed by atoms with Crippen LogP contribution in [0.3, 0.4) is 0 Å². The van der Waals surface area contributed by atoms with E-state index in [9.17, 15) is 0 Å². The molecule has 7 heteroatoms. The van der Waals surface area contributed by atoms with E-state index in [0.717, 1.165) is 0 Å². The molecule has 0 aromatic heterocycles. The molecule has 0 radical (unpaired) electrons. The summed E-state index contributed by atoms with van der Waals surface area (Å²) >= 11 is 8.80. The maximum absolute atomic E-state index is 8.98. The number of aliphatic hydroxyl groups excluding tert-OH is 2. The first-order valence-corrected chi connectivity index (χ1v) is 4.63. The average molecular weight is 249 g/mol. The number of hydrogen-bond donors (Lipinski definition) is 2. The Hall–Kier alpha value is 0.0900. The van der Waals surface area contributed by atoms with Gasteiger partial charge in [0.05, 0.1) is 39.6 Å². The number of halogens is 2. The van der Waals surface area contributed by atoms with Crippen LogP contribution in [0, 0.1) is 0 Å². The van der Waals surface area contributed by atoms with E-state index in [1.54, 1.807) is 0 Å². The van der Waals surface area contributed by atoms with E-state index in [-0.39, 0.29) is 13.2 Å². The van der Waals surface area contributed by atoms with Crippen molar-refractivity contribution in [3.05, 3.63) is 0 Å². The van der Waals surface area contributed by atoms with Gasteiger partial charge in [-0.1, -0.05) is 0 Å². The Morgan fingerprint density at radius 2 is 1.21 bits per heavy atom. The standard InChI is InChI=1S/C6H14O4.CCl2O/c7-1-3-9-5-6-10-4-2-8;2-1(3)4/h7-8H,1-6H2;. The van der Waals surface area contributed by atoms with Crippen LogP contribution in [0.15, 0.2) is 0 Å². The van der Waals surface area contributed by atoms with E-state index >= 15 is 0 Å². The van der Waals surface area contributed by atoms with Gasteiger partial charge in [-0.15, -0.1) is 0 Å². The highest BCUT2D eigenvalue weighted by Gasteiger charge is 1.86. The van der Waals surface area contributed by atoms with Gasteiger partial charge in [0.15, 0.2) is 0 Å². The summed E-state index contributed by atoms with van der Waals surface area (Å²) in [6, 6.07) is 0. The predicted molar refractivity (Wildman–Crippen MR) is 52.9 cm³/mol. The van der Waals surface area contributed by atoms with Crippen LogP contribution in [0.5, 0.6) is 0 Å². The third-order valence-electron chi connectivity index (χ3n) is 0.843. The van der Waals surface area contributed by atoms with E-state index in [1.165, 1.54) is 0 Å². The molecule has 0 rings (SSSR count). The van der Waals surface area contributed by atoms with Gasteiger partial charge >= 0.3 is 4.70 Å². The van der Waals surface area contributed by atoms with Crippen molar-refractivity contribution in [3.8, 4) is 0 Å². The summed E-state index contributed by atoms with van der Waals surface area (Å²) in [4.78, 5) is 8.98. The summed E-state index contributed by atoms with van der Waals surface area (Å²) < 4.78 is 8.86. The molecule has 0 fully saturated rings. The summed E-state index contributed by atoms with van der Waals surface area (Å²) in [7, 11) is 0. The van der Waals surface area contributed by atoms with Crippen molar-refractivity contribution in [2.45, 2.75) is 0 Å². The molecule has 0 saturated carbocycles. The zero-order valence-electron chi connectivity index (χ0n) is 7.62. The highest BCUT2D eigenvalue weighted by Crippen LogP contribution is 1.84. The maximum atomic E-state index is 8.98. The fourth-order valence-electron chi connectivity index (χ4n) is 0.451. The predicted octanol–water partition coefficient (Wildman–Crippen LogP) is 0.588. The number of hydrogen-bond acceptors (Lipinski definition) is 5. The smallest absolute Gasteiger partial charge is 0.313 e. The zero-order valence-corrected chi connectivity index (χ0v) is 9.13.